The molecule has 0 spiro atoms. The number of piperazine rings is 1. The number of benzene rings is 1. The van der Waals surface area contributed by atoms with Gasteiger partial charge < -0.3 is 10.2 Å². The molecule has 1 aliphatic rings. The van der Waals surface area contributed by atoms with Crippen molar-refractivity contribution in [1.29, 1.82) is 0 Å². The Morgan fingerprint density at radius 1 is 1.08 bits per heavy atom. The van der Waals surface area contributed by atoms with Gasteiger partial charge in [-0.3, -0.25) is 9.89 Å². The summed E-state index contributed by atoms with van der Waals surface area (Å²) in [6.45, 7) is 5.10. The number of hydrogen-bond acceptors (Lipinski definition) is 2. The third-order valence-corrected chi connectivity index (χ3v) is 4.30. The lowest BCUT2D eigenvalue weighted by Gasteiger charge is -2.36. The summed E-state index contributed by atoms with van der Waals surface area (Å²) in [7, 11) is 1.72. The molecule has 1 aromatic carbocycles. The second-order valence-corrected chi connectivity index (χ2v) is 6.30. The highest BCUT2D eigenvalue weighted by atomic mass is 19.4. The molecular weight excluding hydrogens is 329 g/mol. The summed E-state index contributed by atoms with van der Waals surface area (Å²) >= 11 is 0. The minimum Gasteiger partial charge on any atom is -0.356 e. The molecule has 1 saturated heterocycles. The maximum absolute atomic E-state index is 12.1. The van der Waals surface area contributed by atoms with E-state index in [9.17, 15) is 13.2 Å². The normalized spacial score (nSPS) is 17.0. The number of hydrogen-bond donors (Lipinski definition) is 1. The van der Waals surface area contributed by atoms with Crippen molar-refractivity contribution in [3.8, 4) is 0 Å². The summed E-state index contributed by atoms with van der Waals surface area (Å²) in [5.74, 6) is 0.784. The van der Waals surface area contributed by atoms with Crippen molar-refractivity contribution in [2.24, 2.45) is 4.99 Å². The quantitative estimate of drug-likeness (QED) is 0.483. The van der Waals surface area contributed by atoms with Crippen LogP contribution >= 0.6 is 0 Å². The van der Waals surface area contributed by atoms with Crippen LogP contribution in [0.4, 0.5) is 13.2 Å². The molecule has 1 N–H and O–H groups in total. The fourth-order valence-corrected chi connectivity index (χ4v) is 2.94. The first-order valence-electron chi connectivity index (χ1n) is 8.76. The van der Waals surface area contributed by atoms with Gasteiger partial charge in [0.25, 0.3) is 0 Å². The minimum absolute atomic E-state index is 0.151. The summed E-state index contributed by atoms with van der Waals surface area (Å²) in [5, 5.41) is 3.18. The summed E-state index contributed by atoms with van der Waals surface area (Å²) in [6.07, 6.45) is -4.13. The topological polar surface area (TPSA) is 30.9 Å². The average Bonchev–Trinajstić information content (AvgIpc) is 2.59. The first kappa shape index (κ1) is 19.6. The Hall–Kier alpha value is -1.76. The SMILES string of the molecule is CN=C(NCCCCC(F)(F)F)N1CCN(Cc2ccccc2)CC1. The van der Waals surface area contributed by atoms with Crippen molar-refractivity contribution in [1.82, 2.24) is 15.1 Å². The van der Waals surface area contributed by atoms with Crippen LogP contribution in [0.2, 0.25) is 0 Å². The zero-order valence-corrected chi connectivity index (χ0v) is 14.7. The number of halogens is 3. The fourth-order valence-electron chi connectivity index (χ4n) is 2.94. The lowest BCUT2D eigenvalue weighted by atomic mass is 10.2. The molecule has 0 amide bonds. The summed E-state index contributed by atoms with van der Waals surface area (Å²) in [5.41, 5.74) is 1.31. The summed E-state index contributed by atoms with van der Waals surface area (Å²) < 4.78 is 36.4. The van der Waals surface area contributed by atoms with Crippen molar-refractivity contribution in [2.45, 2.75) is 32.0 Å². The predicted octanol–water partition coefficient (Wildman–Crippen LogP) is 3.11. The van der Waals surface area contributed by atoms with Crippen LogP contribution in [0.25, 0.3) is 0 Å². The van der Waals surface area contributed by atoms with E-state index in [-0.39, 0.29) is 6.42 Å². The van der Waals surface area contributed by atoms with Crippen LogP contribution in [0.3, 0.4) is 0 Å². The van der Waals surface area contributed by atoms with Gasteiger partial charge in [0.1, 0.15) is 0 Å². The molecule has 0 aromatic heterocycles. The number of nitrogens with zero attached hydrogens (tertiary/aromatic N) is 3. The van der Waals surface area contributed by atoms with Gasteiger partial charge in [-0.25, -0.2) is 0 Å². The molecule has 4 nitrogen and oxygen atoms in total. The molecule has 1 aliphatic heterocycles. The van der Waals surface area contributed by atoms with E-state index in [2.05, 4.69) is 44.4 Å². The molecule has 7 heteroatoms. The van der Waals surface area contributed by atoms with Crippen LogP contribution < -0.4 is 5.32 Å². The monoisotopic (exact) mass is 356 g/mol. The Balaban J connectivity index is 1.67. The standard InChI is InChI=1S/C18H27F3N4/c1-22-17(23-10-6-5-9-18(19,20)21)25-13-11-24(12-14-25)15-16-7-3-2-4-8-16/h2-4,7-8H,5-6,9-15H2,1H3,(H,22,23). The maximum Gasteiger partial charge on any atom is 0.389 e. The van der Waals surface area contributed by atoms with Crippen LogP contribution in [-0.4, -0.2) is 61.7 Å². The number of nitrogens with one attached hydrogen (secondary N) is 1. The minimum atomic E-state index is -4.06. The number of alkyl halides is 3. The highest BCUT2D eigenvalue weighted by Gasteiger charge is 2.26. The maximum atomic E-state index is 12.1. The second-order valence-electron chi connectivity index (χ2n) is 6.30. The smallest absolute Gasteiger partial charge is 0.356 e. The van der Waals surface area contributed by atoms with Crippen LogP contribution in [0, 0.1) is 0 Å². The molecule has 1 aromatic rings. The van der Waals surface area contributed by atoms with Crippen LogP contribution in [-0.2, 0) is 6.54 Å². The molecule has 0 saturated carbocycles. The van der Waals surface area contributed by atoms with E-state index in [4.69, 9.17) is 0 Å². The Labute approximate surface area is 147 Å². The zero-order chi connectivity index (χ0) is 18.1. The number of rotatable bonds is 6. The van der Waals surface area contributed by atoms with E-state index in [1.54, 1.807) is 7.05 Å². The molecule has 0 unspecified atom stereocenters. The van der Waals surface area contributed by atoms with Crippen molar-refractivity contribution in [3.05, 3.63) is 35.9 Å². The Morgan fingerprint density at radius 3 is 2.36 bits per heavy atom. The third-order valence-electron chi connectivity index (χ3n) is 4.30. The largest absolute Gasteiger partial charge is 0.389 e. The van der Waals surface area contributed by atoms with Crippen molar-refractivity contribution >= 4 is 5.96 Å². The predicted molar refractivity (Wildman–Crippen MR) is 94.6 cm³/mol. The Bertz CT molecular complexity index is 523. The highest BCUT2D eigenvalue weighted by Crippen LogP contribution is 2.21. The summed E-state index contributed by atoms with van der Waals surface area (Å²) in [6, 6.07) is 10.4. The van der Waals surface area contributed by atoms with Gasteiger partial charge in [0, 0.05) is 52.7 Å². The molecule has 140 valence electrons. The molecule has 1 heterocycles. The third kappa shape index (κ3) is 7.34. The van der Waals surface area contributed by atoms with Crippen LogP contribution in [0.15, 0.2) is 35.3 Å². The molecule has 0 radical (unpaired) electrons. The highest BCUT2D eigenvalue weighted by molar-refractivity contribution is 5.79. The first-order chi connectivity index (χ1) is 12.0. The van der Waals surface area contributed by atoms with E-state index < -0.39 is 12.6 Å². The first-order valence-corrected chi connectivity index (χ1v) is 8.76. The molecule has 2 rings (SSSR count). The van der Waals surface area contributed by atoms with Gasteiger partial charge in [-0.2, -0.15) is 13.2 Å². The van der Waals surface area contributed by atoms with Crippen molar-refractivity contribution < 1.29 is 13.2 Å². The Kier molecular flexibility index (Phi) is 7.55. The van der Waals surface area contributed by atoms with Gasteiger partial charge in [-0.15, -0.1) is 0 Å². The number of guanidine groups is 1. The molecule has 0 bridgehead atoms. The molecule has 1 fully saturated rings. The molecule has 0 aliphatic carbocycles. The van der Waals surface area contributed by atoms with Gasteiger partial charge in [-0.05, 0) is 18.4 Å². The van der Waals surface area contributed by atoms with Gasteiger partial charge in [-0.1, -0.05) is 30.3 Å². The molecular formula is C18H27F3N4. The Morgan fingerprint density at radius 2 is 1.76 bits per heavy atom. The van der Waals surface area contributed by atoms with Gasteiger partial charge in [0.2, 0.25) is 0 Å². The van der Waals surface area contributed by atoms with Crippen molar-refractivity contribution in [2.75, 3.05) is 39.8 Å². The van der Waals surface area contributed by atoms with Gasteiger partial charge >= 0.3 is 6.18 Å². The summed E-state index contributed by atoms with van der Waals surface area (Å²) in [4.78, 5) is 8.83. The number of unbranched alkanes of at least 4 members (excludes halogenated alkanes) is 1. The fraction of sp³-hybridized carbons (Fsp3) is 0.611. The van der Waals surface area contributed by atoms with Crippen LogP contribution in [0.1, 0.15) is 24.8 Å². The van der Waals surface area contributed by atoms with Gasteiger partial charge in [0.05, 0.1) is 0 Å². The lowest BCUT2D eigenvalue weighted by molar-refractivity contribution is -0.135. The van der Waals surface area contributed by atoms with Crippen molar-refractivity contribution in [3.63, 3.8) is 0 Å². The lowest BCUT2D eigenvalue weighted by Crippen LogP contribution is -2.52. The van der Waals surface area contributed by atoms with E-state index >= 15 is 0 Å². The van der Waals surface area contributed by atoms with E-state index in [1.807, 2.05) is 6.07 Å². The van der Waals surface area contributed by atoms with Crippen LogP contribution in [0.5, 0.6) is 0 Å². The van der Waals surface area contributed by atoms with Gasteiger partial charge in [0.15, 0.2) is 5.96 Å². The molecule has 25 heavy (non-hydrogen) atoms. The zero-order valence-electron chi connectivity index (χ0n) is 14.7. The second kappa shape index (κ2) is 9.65. The number of aliphatic imine (C=N–C) groups is 1. The molecule has 0 atom stereocenters. The van der Waals surface area contributed by atoms with E-state index in [0.717, 1.165) is 38.7 Å². The average molecular weight is 356 g/mol. The van der Waals surface area contributed by atoms with E-state index in [0.29, 0.717) is 13.0 Å². The van der Waals surface area contributed by atoms with E-state index in [1.165, 1.54) is 5.56 Å².